The van der Waals surface area contributed by atoms with Crippen LogP contribution in [0.3, 0.4) is 0 Å². The van der Waals surface area contributed by atoms with Crippen molar-refractivity contribution in [3.8, 4) is 0 Å². The minimum atomic E-state index is 0.288. The Kier molecular flexibility index (Phi) is 12.7. The van der Waals surface area contributed by atoms with Crippen molar-refractivity contribution in [1.29, 1.82) is 0 Å². The number of methoxy groups -OCH3 is 1. The fraction of sp³-hybridized carbons (Fsp3) is 1.00. The molecule has 104 valence electrons. The molecule has 0 aliphatic carbocycles. The van der Waals surface area contributed by atoms with Crippen LogP contribution >= 0.6 is 11.6 Å². The van der Waals surface area contributed by atoms with Gasteiger partial charge in [-0.3, -0.25) is 0 Å². The molecule has 0 aliphatic rings. The molecule has 0 aliphatic heterocycles. The Morgan fingerprint density at radius 3 is 2.12 bits per heavy atom. The van der Waals surface area contributed by atoms with Crippen LogP contribution in [-0.4, -0.2) is 45.5 Å². The standard InChI is InChI=1S/C13H27ClO3/c1-12(2)11-13(14)5-4-6-16-9-10-17-8-7-15-3/h12-13H,4-11H2,1-3H3. The van der Waals surface area contributed by atoms with Gasteiger partial charge in [-0.05, 0) is 25.2 Å². The van der Waals surface area contributed by atoms with Gasteiger partial charge < -0.3 is 14.2 Å². The lowest BCUT2D eigenvalue weighted by atomic mass is 10.1. The van der Waals surface area contributed by atoms with Crippen molar-refractivity contribution < 1.29 is 14.2 Å². The molecule has 0 aromatic heterocycles. The van der Waals surface area contributed by atoms with E-state index in [2.05, 4.69) is 13.8 Å². The topological polar surface area (TPSA) is 27.7 Å². The molecule has 0 heterocycles. The Morgan fingerprint density at radius 1 is 0.941 bits per heavy atom. The molecule has 0 rings (SSSR count). The maximum atomic E-state index is 6.18. The summed E-state index contributed by atoms with van der Waals surface area (Å²) in [5.74, 6) is 0.674. The maximum absolute atomic E-state index is 6.18. The molecule has 0 aromatic carbocycles. The Labute approximate surface area is 111 Å². The molecular weight excluding hydrogens is 240 g/mol. The van der Waals surface area contributed by atoms with E-state index >= 15 is 0 Å². The third-order valence-electron chi connectivity index (χ3n) is 2.34. The van der Waals surface area contributed by atoms with Crippen LogP contribution in [0.15, 0.2) is 0 Å². The van der Waals surface area contributed by atoms with Crippen molar-refractivity contribution in [2.45, 2.75) is 38.5 Å². The van der Waals surface area contributed by atoms with E-state index in [9.17, 15) is 0 Å². The van der Waals surface area contributed by atoms with Crippen molar-refractivity contribution in [3.63, 3.8) is 0 Å². The molecule has 0 spiro atoms. The van der Waals surface area contributed by atoms with Gasteiger partial charge in [-0.2, -0.15) is 0 Å². The van der Waals surface area contributed by atoms with Gasteiger partial charge in [-0.1, -0.05) is 13.8 Å². The largest absolute Gasteiger partial charge is 0.382 e. The van der Waals surface area contributed by atoms with E-state index in [1.165, 1.54) is 0 Å². The van der Waals surface area contributed by atoms with Gasteiger partial charge in [0.1, 0.15) is 0 Å². The Bertz CT molecular complexity index is 154. The van der Waals surface area contributed by atoms with E-state index in [1.54, 1.807) is 7.11 Å². The molecule has 0 N–H and O–H groups in total. The lowest BCUT2D eigenvalue weighted by Crippen LogP contribution is -2.10. The predicted molar refractivity (Wildman–Crippen MR) is 71.8 cm³/mol. The van der Waals surface area contributed by atoms with Crippen LogP contribution in [0.1, 0.15) is 33.1 Å². The van der Waals surface area contributed by atoms with E-state index in [4.69, 9.17) is 25.8 Å². The summed E-state index contributed by atoms with van der Waals surface area (Å²) >= 11 is 6.18. The summed E-state index contributed by atoms with van der Waals surface area (Å²) in [6.45, 7) is 7.74. The average molecular weight is 267 g/mol. The number of alkyl halides is 1. The molecule has 1 unspecified atom stereocenters. The molecular formula is C13H27ClO3. The average Bonchev–Trinajstić information content (AvgIpc) is 2.26. The molecule has 0 aromatic rings. The minimum absolute atomic E-state index is 0.288. The van der Waals surface area contributed by atoms with Gasteiger partial charge in [-0.15, -0.1) is 11.6 Å². The van der Waals surface area contributed by atoms with Crippen LogP contribution in [0.25, 0.3) is 0 Å². The number of hydrogen-bond donors (Lipinski definition) is 0. The fourth-order valence-electron chi connectivity index (χ4n) is 1.50. The van der Waals surface area contributed by atoms with Gasteiger partial charge in [0, 0.05) is 19.1 Å². The zero-order chi connectivity index (χ0) is 12.9. The second-order valence-corrected chi connectivity index (χ2v) is 5.20. The molecule has 0 bridgehead atoms. The van der Waals surface area contributed by atoms with Gasteiger partial charge in [-0.25, -0.2) is 0 Å². The van der Waals surface area contributed by atoms with Gasteiger partial charge in [0.15, 0.2) is 0 Å². The molecule has 1 atom stereocenters. The lowest BCUT2D eigenvalue weighted by Gasteiger charge is -2.11. The summed E-state index contributed by atoms with van der Waals surface area (Å²) in [5.41, 5.74) is 0. The first-order chi connectivity index (χ1) is 8.16. The number of hydrogen-bond acceptors (Lipinski definition) is 3. The molecule has 0 radical (unpaired) electrons. The van der Waals surface area contributed by atoms with Gasteiger partial charge in [0.25, 0.3) is 0 Å². The van der Waals surface area contributed by atoms with Crippen LogP contribution in [-0.2, 0) is 14.2 Å². The summed E-state index contributed by atoms with van der Waals surface area (Å²) in [7, 11) is 1.67. The number of ether oxygens (including phenoxy) is 3. The minimum Gasteiger partial charge on any atom is -0.382 e. The Morgan fingerprint density at radius 2 is 1.53 bits per heavy atom. The van der Waals surface area contributed by atoms with E-state index in [-0.39, 0.29) is 5.38 Å². The van der Waals surface area contributed by atoms with Crippen LogP contribution < -0.4 is 0 Å². The summed E-state index contributed by atoms with van der Waals surface area (Å²) in [4.78, 5) is 0. The van der Waals surface area contributed by atoms with E-state index < -0.39 is 0 Å². The van der Waals surface area contributed by atoms with E-state index in [1.807, 2.05) is 0 Å². The molecule has 0 fully saturated rings. The van der Waals surface area contributed by atoms with Gasteiger partial charge in [0.2, 0.25) is 0 Å². The van der Waals surface area contributed by atoms with E-state index in [0.717, 1.165) is 25.9 Å². The highest BCUT2D eigenvalue weighted by molar-refractivity contribution is 6.20. The smallest absolute Gasteiger partial charge is 0.0701 e. The second kappa shape index (κ2) is 12.6. The molecule has 3 nitrogen and oxygen atoms in total. The quantitative estimate of drug-likeness (QED) is 0.401. The van der Waals surface area contributed by atoms with Crippen molar-refractivity contribution >= 4 is 11.6 Å². The second-order valence-electron chi connectivity index (χ2n) is 4.59. The van der Waals surface area contributed by atoms with Crippen molar-refractivity contribution in [3.05, 3.63) is 0 Å². The molecule has 0 amide bonds. The zero-order valence-corrected chi connectivity index (χ0v) is 12.2. The monoisotopic (exact) mass is 266 g/mol. The van der Waals surface area contributed by atoms with Crippen molar-refractivity contribution in [2.24, 2.45) is 5.92 Å². The third-order valence-corrected chi connectivity index (χ3v) is 2.73. The van der Waals surface area contributed by atoms with Crippen LogP contribution in [0, 0.1) is 5.92 Å². The highest BCUT2D eigenvalue weighted by Crippen LogP contribution is 2.15. The predicted octanol–water partition coefficient (Wildman–Crippen LogP) is 3.10. The van der Waals surface area contributed by atoms with Crippen LogP contribution in [0.5, 0.6) is 0 Å². The summed E-state index contributed by atoms with van der Waals surface area (Å²) in [6.07, 6.45) is 3.14. The first-order valence-electron chi connectivity index (χ1n) is 6.45. The summed E-state index contributed by atoms with van der Waals surface area (Å²) in [6, 6.07) is 0. The van der Waals surface area contributed by atoms with E-state index in [0.29, 0.717) is 32.3 Å². The highest BCUT2D eigenvalue weighted by Gasteiger charge is 2.06. The van der Waals surface area contributed by atoms with Gasteiger partial charge >= 0.3 is 0 Å². The zero-order valence-electron chi connectivity index (χ0n) is 11.4. The molecule has 0 saturated heterocycles. The first-order valence-corrected chi connectivity index (χ1v) is 6.89. The van der Waals surface area contributed by atoms with Crippen LogP contribution in [0.4, 0.5) is 0 Å². The molecule has 4 heteroatoms. The first kappa shape index (κ1) is 17.2. The number of rotatable bonds is 12. The third kappa shape index (κ3) is 14.1. The fourth-order valence-corrected chi connectivity index (χ4v) is 2.01. The molecule has 0 saturated carbocycles. The van der Waals surface area contributed by atoms with Crippen LogP contribution in [0.2, 0.25) is 0 Å². The van der Waals surface area contributed by atoms with Gasteiger partial charge in [0.05, 0.1) is 26.4 Å². The Balaban J connectivity index is 3.07. The number of halogens is 1. The summed E-state index contributed by atoms with van der Waals surface area (Å²) in [5, 5.41) is 0.288. The summed E-state index contributed by atoms with van der Waals surface area (Å²) < 4.78 is 15.6. The molecule has 17 heavy (non-hydrogen) atoms. The normalized spacial score (nSPS) is 13.2. The van der Waals surface area contributed by atoms with Crippen molar-refractivity contribution in [2.75, 3.05) is 40.1 Å². The van der Waals surface area contributed by atoms with Crippen molar-refractivity contribution in [1.82, 2.24) is 0 Å². The maximum Gasteiger partial charge on any atom is 0.0701 e. The Hall–Kier alpha value is 0.170. The SMILES string of the molecule is COCCOCCOCCCC(Cl)CC(C)C. The highest BCUT2D eigenvalue weighted by atomic mass is 35.5. The lowest BCUT2D eigenvalue weighted by molar-refractivity contribution is 0.0240.